The first-order valence-electron chi connectivity index (χ1n) is 9.64. The topological polar surface area (TPSA) is 92.9 Å². The number of alkyl halides is 3. The Balaban J connectivity index is 1.37. The molecule has 2 aromatic carbocycles. The molecule has 162 valence electrons. The highest BCUT2D eigenvalue weighted by Gasteiger charge is 2.30. The molecule has 0 spiro atoms. The number of anilines is 2. The normalized spacial score (nSPS) is 15.3. The molecule has 0 aliphatic carbocycles. The highest BCUT2D eigenvalue weighted by molar-refractivity contribution is 7.18. The lowest BCUT2D eigenvalue weighted by atomic mass is 9.93. The molecule has 1 aliphatic rings. The monoisotopic (exact) mass is 447 g/mol. The summed E-state index contributed by atoms with van der Waals surface area (Å²) in [7, 11) is 0. The Morgan fingerprint density at radius 1 is 1.19 bits per heavy atom. The van der Waals surface area contributed by atoms with E-state index in [4.69, 9.17) is 5.73 Å². The fraction of sp³-hybridized carbons (Fsp3) is 0.286. The molecule has 0 fully saturated rings. The van der Waals surface area contributed by atoms with E-state index in [1.54, 1.807) is 0 Å². The van der Waals surface area contributed by atoms with E-state index < -0.39 is 11.7 Å². The number of amides is 1. The maximum absolute atomic E-state index is 12.7. The summed E-state index contributed by atoms with van der Waals surface area (Å²) in [4.78, 5) is 11.5. The molecule has 0 bridgehead atoms. The third-order valence-electron chi connectivity index (χ3n) is 5.30. The molecule has 4 N–H and O–H groups in total. The van der Waals surface area contributed by atoms with Crippen molar-refractivity contribution in [1.29, 1.82) is 0 Å². The second kappa shape index (κ2) is 8.27. The maximum Gasteiger partial charge on any atom is 0.416 e. The number of nitrogens with two attached hydrogens (primary N) is 1. The third kappa shape index (κ3) is 4.70. The molecule has 3 aromatic rings. The largest absolute Gasteiger partial charge is 0.416 e. The summed E-state index contributed by atoms with van der Waals surface area (Å²) in [5, 5.41) is 15.6. The van der Waals surface area contributed by atoms with Crippen LogP contribution < -0.4 is 16.4 Å². The van der Waals surface area contributed by atoms with Crippen molar-refractivity contribution in [2.24, 2.45) is 5.73 Å². The van der Waals surface area contributed by atoms with Crippen molar-refractivity contribution >= 4 is 28.1 Å². The van der Waals surface area contributed by atoms with Gasteiger partial charge in [0, 0.05) is 23.8 Å². The van der Waals surface area contributed by atoms with E-state index in [2.05, 4.69) is 20.8 Å². The predicted octanol–water partition coefficient (Wildman–Crippen LogP) is 4.26. The lowest BCUT2D eigenvalue weighted by Crippen LogP contribution is -2.34. The molecular formula is C21H20F3N5OS. The zero-order chi connectivity index (χ0) is 22.2. The van der Waals surface area contributed by atoms with Gasteiger partial charge in [-0.05, 0) is 47.4 Å². The molecular weight excluding hydrogens is 427 g/mol. The van der Waals surface area contributed by atoms with Gasteiger partial charge in [0.05, 0.1) is 12.0 Å². The second-order valence-corrected chi connectivity index (χ2v) is 8.44. The highest BCUT2D eigenvalue weighted by atomic mass is 32.1. The first-order chi connectivity index (χ1) is 14.7. The standard InChI is InChI=1S/C21H20F3N5OS/c1-11(12-2-5-15(6-3-12)21(22,23)24)16(25)10-26-20-29-28-19(31-20)13-4-7-17-14(8-13)9-18(30)27-17/h2-8,11,16H,9-10,25H2,1H3,(H,26,29)(H,27,30)/t11-,16-/m0/s1. The third-order valence-corrected chi connectivity index (χ3v) is 6.23. The lowest BCUT2D eigenvalue weighted by molar-refractivity contribution is -0.137. The Kier molecular flexibility index (Phi) is 5.67. The van der Waals surface area contributed by atoms with Crippen LogP contribution in [0.4, 0.5) is 24.0 Å². The lowest BCUT2D eigenvalue weighted by Gasteiger charge is -2.21. The minimum absolute atomic E-state index is 0.0251. The number of nitrogens with zero attached hydrogens (tertiary/aromatic N) is 2. The molecule has 2 heterocycles. The molecule has 0 saturated heterocycles. The first-order valence-corrected chi connectivity index (χ1v) is 10.5. The molecule has 6 nitrogen and oxygen atoms in total. The molecule has 10 heteroatoms. The van der Waals surface area contributed by atoms with Gasteiger partial charge in [-0.3, -0.25) is 4.79 Å². The minimum Gasteiger partial charge on any atom is -0.358 e. The summed E-state index contributed by atoms with van der Waals surface area (Å²) in [6.07, 6.45) is -4.00. The van der Waals surface area contributed by atoms with Crippen molar-refractivity contribution in [1.82, 2.24) is 10.2 Å². The molecule has 31 heavy (non-hydrogen) atoms. The van der Waals surface area contributed by atoms with Gasteiger partial charge in [-0.2, -0.15) is 13.2 Å². The average molecular weight is 447 g/mol. The summed E-state index contributed by atoms with van der Waals surface area (Å²) in [6.45, 7) is 2.26. The van der Waals surface area contributed by atoms with E-state index in [0.29, 0.717) is 23.1 Å². The van der Waals surface area contributed by atoms with Crippen molar-refractivity contribution in [3.63, 3.8) is 0 Å². The van der Waals surface area contributed by atoms with Gasteiger partial charge >= 0.3 is 6.18 Å². The first kappa shape index (κ1) is 21.3. The van der Waals surface area contributed by atoms with Crippen LogP contribution in [0.25, 0.3) is 10.6 Å². The van der Waals surface area contributed by atoms with Gasteiger partial charge in [-0.15, -0.1) is 10.2 Å². The molecule has 4 rings (SSSR count). The van der Waals surface area contributed by atoms with Gasteiger partial charge < -0.3 is 16.4 Å². The van der Waals surface area contributed by atoms with Gasteiger partial charge in [0.1, 0.15) is 5.01 Å². The zero-order valence-electron chi connectivity index (χ0n) is 16.5. The van der Waals surface area contributed by atoms with Gasteiger partial charge in [0.25, 0.3) is 0 Å². The van der Waals surface area contributed by atoms with Gasteiger partial charge in [0.2, 0.25) is 11.0 Å². The molecule has 0 saturated carbocycles. The smallest absolute Gasteiger partial charge is 0.358 e. The van der Waals surface area contributed by atoms with E-state index in [1.807, 2.05) is 25.1 Å². The molecule has 2 atom stereocenters. The van der Waals surface area contributed by atoms with Crippen LogP contribution in [-0.2, 0) is 17.4 Å². The SMILES string of the molecule is C[C@@H](c1ccc(C(F)(F)F)cc1)[C@@H](N)CNc1nnc(-c2ccc3c(c2)CC(=O)N3)s1. The maximum atomic E-state index is 12.7. The van der Waals surface area contributed by atoms with E-state index in [0.717, 1.165) is 34.5 Å². The Hall–Kier alpha value is -2.98. The number of fused-ring (bicyclic) bond motifs is 1. The number of benzene rings is 2. The van der Waals surface area contributed by atoms with Crippen LogP contribution in [0.1, 0.15) is 29.5 Å². The number of rotatable bonds is 6. The molecule has 0 unspecified atom stereocenters. The summed E-state index contributed by atoms with van der Waals surface area (Å²) in [5.74, 6) is -0.174. The minimum atomic E-state index is -4.36. The van der Waals surface area contributed by atoms with E-state index in [9.17, 15) is 18.0 Å². The van der Waals surface area contributed by atoms with Crippen LogP contribution in [-0.4, -0.2) is 28.7 Å². The molecule has 1 aromatic heterocycles. The summed E-state index contributed by atoms with van der Waals surface area (Å²) in [6, 6.07) is 10.4. The number of aromatic nitrogens is 2. The summed E-state index contributed by atoms with van der Waals surface area (Å²) >= 11 is 1.37. The second-order valence-electron chi connectivity index (χ2n) is 7.46. The molecule has 0 radical (unpaired) electrons. The summed E-state index contributed by atoms with van der Waals surface area (Å²) in [5.41, 5.74) is 8.93. The fourth-order valence-corrected chi connectivity index (χ4v) is 4.13. The number of halogens is 3. The Morgan fingerprint density at radius 2 is 1.94 bits per heavy atom. The molecule has 1 aliphatic heterocycles. The number of nitrogens with one attached hydrogen (secondary N) is 2. The van der Waals surface area contributed by atoms with Crippen LogP contribution in [0.3, 0.4) is 0 Å². The number of hydrogen-bond donors (Lipinski definition) is 3. The van der Waals surface area contributed by atoms with Crippen molar-refractivity contribution in [2.45, 2.75) is 31.5 Å². The van der Waals surface area contributed by atoms with E-state index in [-0.39, 0.29) is 17.9 Å². The van der Waals surface area contributed by atoms with Crippen molar-refractivity contribution in [3.8, 4) is 10.6 Å². The average Bonchev–Trinajstić information content (AvgIpc) is 3.35. The van der Waals surface area contributed by atoms with Gasteiger partial charge in [-0.25, -0.2) is 0 Å². The van der Waals surface area contributed by atoms with E-state index in [1.165, 1.54) is 23.5 Å². The predicted molar refractivity (Wildman–Crippen MR) is 114 cm³/mol. The van der Waals surface area contributed by atoms with Crippen LogP contribution in [0, 0.1) is 0 Å². The summed E-state index contributed by atoms with van der Waals surface area (Å²) < 4.78 is 38.2. The Morgan fingerprint density at radius 3 is 2.65 bits per heavy atom. The number of carbonyl (C=O) groups is 1. The zero-order valence-corrected chi connectivity index (χ0v) is 17.3. The van der Waals surface area contributed by atoms with Crippen LogP contribution in [0.2, 0.25) is 0 Å². The van der Waals surface area contributed by atoms with E-state index >= 15 is 0 Å². The van der Waals surface area contributed by atoms with Crippen molar-refractivity contribution in [3.05, 3.63) is 59.2 Å². The van der Waals surface area contributed by atoms with Crippen LogP contribution >= 0.6 is 11.3 Å². The van der Waals surface area contributed by atoms with Crippen LogP contribution in [0.5, 0.6) is 0 Å². The van der Waals surface area contributed by atoms with Crippen LogP contribution in [0.15, 0.2) is 42.5 Å². The quantitative estimate of drug-likeness (QED) is 0.525. The van der Waals surface area contributed by atoms with Gasteiger partial charge in [-0.1, -0.05) is 30.4 Å². The number of carbonyl (C=O) groups excluding carboxylic acids is 1. The number of hydrogen-bond acceptors (Lipinski definition) is 6. The molecule has 1 amide bonds. The van der Waals surface area contributed by atoms with Crippen molar-refractivity contribution in [2.75, 3.05) is 17.2 Å². The highest BCUT2D eigenvalue weighted by Crippen LogP contribution is 2.33. The fourth-order valence-electron chi connectivity index (χ4n) is 3.38. The van der Waals surface area contributed by atoms with Gasteiger partial charge in [0.15, 0.2) is 0 Å². The van der Waals surface area contributed by atoms with Crippen molar-refractivity contribution < 1.29 is 18.0 Å². The Bertz CT molecular complexity index is 1100. The Labute approximate surface area is 180 Å².